The molecule has 0 saturated carbocycles. The number of allylic oxidation sites excluding steroid dienone is 2. The van der Waals surface area contributed by atoms with Crippen LogP contribution in [0.3, 0.4) is 0 Å². The third-order valence-corrected chi connectivity index (χ3v) is 3.91. The Morgan fingerprint density at radius 1 is 1.39 bits per heavy atom. The molecule has 1 aromatic carbocycles. The Balaban J connectivity index is 2.19. The second-order valence-corrected chi connectivity index (χ2v) is 6.04. The van der Waals surface area contributed by atoms with E-state index >= 15 is 0 Å². The van der Waals surface area contributed by atoms with Crippen LogP contribution in [0.5, 0.6) is 0 Å². The molecule has 1 unspecified atom stereocenters. The van der Waals surface area contributed by atoms with E-state index in [2.05, 4.69) is 0 Å². The number of hydrogen-bond donors (Lipinski definition) is 1. The summed E-state index contributed by atoms with van der Waals surface area (Å²) in [7, 11) is 0. The van der Waals surface area contributed by atoms with Gasteiger partial charge in [-0.2, -0.15) is 0 Å². The predicted octanol–water partition coefficient (Wildman–Crippen LogP) is 2.97. The number of likely N-dealkylation sites (tertiary alicyclic amines) is 1. The summed E-state index contributed by atoms with van der Waals surface area (Å²) in [6.07, 6.45) is 1.97. The number of carboxylic acids is 1. The molecule has 1 aliphatic heterocycles. The molecular weight excluding hydrogens is 304 g/mol. The average Bonchev–Trinajstić information content (AvgIpc) is 2.89. The van der Waals surface area contributed by atoms with Crippen LogP contribution in [0.1, 0.15) is 36.2 Å². The number of halogens is 2. The molecule has 0 aliphatic carbocycles. The standard InChI is InChI=1S/C17H19F2NO3/c1-11(2)3-4-12-9-13(5-6-14(12)18)15(21)20-8-7-17(19,10-20)16(22)23/h3,5-6,9H,4,7-8,10H2,1-2H3,(H,22,23). The van der Waals surface area contributed by atoms with Crippen molar-refractivity contribution >= 4 is 11.9 Å². The average molecular weight is 323 g/mol. The second kappa shape index (κ2) is 6.48. The van der Waals surface area contributed by atoms with Gasteiger partial charge in [0.15, 0.2) is 0 Å². The van der Waals surface area contributed by atoms with Crippen LogP contribution >= 0.6 is 0 Å². The van der Waals surface area contributed by atoms with Gasteiger partial charge >= 0.3 is 5.97 Å². The summed E-state index contributed by atoms with van der Waals surface area (Å²) < 4.78 is 27.9. The van der Waals surface area contributed by atoms with Gasteiger partial charge in [-0.25, -0.2) is 13.6 Å². The number of carbonyl (C=O) groups excluding carboxylic acids is 1. The maximum atomic E-state index is 14.1. The normalized spacial score (nSPS) is 20.4. The first-order valence-electron chi connectivity index (χ1n) is 7.36. The van der Waals surface area contributed by atoms with Crippen LogP contribution in [-0.4, -0.2) is 40.6 Å². The second-order valence-electron chi connectivity index (χ2n) is 6.04. The number of amides is 1. The van der Waals surface area contributed by atoms with Crippen molar-refractivity contribution in [2.75, 3.05) is 13.1 Å². The summed E-state index contributed by atoms with van der Waals surface area (Å²) in [6.45, 7) is 3.33. The molecule has 0 radical (unpaired) electrons. The van der Waals surface area contributed by atoms with E-state index in [0.29, 0.717) is 12.0 Å². The minimum Gasteiger partial charge on any atom is -0.479 e. The lowest BCUT2D eigenvalue weighted by Crippen LogP contribution is -2.38. The molecule has 2 rings (SSSR count). The quantitative estimate of drug-likeness (QED) is 0.867. The molecule has 1 aliphatic rings. The highest BCUT2D eigenvalue weighted by molar-refractivity contribution is 5.95. The maximum Gasteiger partial charge on any atom is 0.343 e. The molecule has 1 amide bonds. The van der Waals surface area contributed by atoms with Gasteiger partial charge in [-0.3, -0.25) is 4.79 Å². The van der Waals surface area contributed by atoms with E-state index in [1.54, 1.807) is 0 Å². The zero-order chi connectivity index (χ0) is 17.2. The molecule has 0 spiro atoms. The number of alkyl halides is 1. The maximum absolute atomic E-state index is 14.1. The van der Waals surface area contributed by atoms with E-state index in [9.17, 15) is 18.4 Å². The van der Waals surface area contributed by atoms with Crippen LogP contribution < -0.4 is 0 Å². The number of rotatable bonds is 4. The lowest BCUT2D eigenvalue weighted by molar-refractivity contribution is -0.149. The van der Waals surface area contributed by atoms with Crippen LogP contribution in [0, 0.1) is 5.82 Å². The molecule has 124 valence electrons. The minimum absolute atomic E-state index is 0.0301. The SMILES string of the molecule is CC(C)=CCc1cc(C(=O)N2CCC(F)(C(=O)O)C2)ccc1F. The van der Waals surface area contributed by atoms with Crippen LogP contribution in [0.15, 0.2) is 29.8 Å². The number of carboxylic acid groups (broad SMARTS) is 1. The number of benzene rings is 1. The van der Waals surface area contributed by atoms with Gasteiger partial charge in [-0.15, -0.1) is 0 Å². The zero-order valence-electron chi connectivity index (χ0n) is 13.1. The van der Waals surface area contributed by atoms with Crippen molar-refractivity contribution in [2.24, 2.45) is 0 Å². The smallest absolute Gasteiger partial charge is 0.343 e. The Hall–Kier alpha value is -2.24. The lowest BCUT2D eigenvalue weighted by Gasteiger charge is -2.18. The first-order chi connectivity index (χ1) is 10.7. The van der Waals surface area contributed by atoms with Crippen molar-refractivity contribution in [3.8, 4) is 0 Å². The Kier molecular flexibility index (Phi) is 4.82. The number of hydrogen-bond acceptors (Lipinski definition) is 2. The third kappa shape index (κ3) is 3.75. The Labute approximate surface area is 133 Å². The minimum atomic E-state index is -2.40. The monoisotopic (exact) mass is 323 g/mol. The summed E-state index contributed by atoms with van der Waals surface area (Å²) in [6, 6.07) is 3.98. The van der Waals surface area contributed by atoms with Gasteiger partial charge in [-0.1, -0.05) is 11.6 Å². The summed E-state index contributed by atoms with van der Waals surface area (Å²) in [5.74, 6) is -2.45. The van der Waals surface area contributed by atoms with E-state index < -0.39 is 29.9 Å². The van der Waals surface area contributed by atoms with Gasteiger partial charge in [-0.05, 0) is 44.0 Å². The largest absolute Gasteiger partial charge is 0.479 e. The van der Waals surface area contributed by atoms with Crippen molar-refractivity contribution in [1.29, 1.82) is 0 Å². The number of carbonyl (C=O) groups is 2. The van der Waals surface area contributed by atoms with Crippen LogP contribution in [0.25, 0.3) is 0 Å². The van der Waals surface area contributed by atoms with E-state index in [4.69, 9.17) is 5.11 Å². The van der Waals surface area contributed by atoms with Gasteiger partial charge in [0.1, 0.15) is 5.82 Å². The summed E-state index contributed by atoms with van der Waals surface area (Å²) in [5, 5.41) is 8.88. The Morgan fingerprint density at radius 3 is 2.65 bits per heavy atom. The Morgan fingerprint density at radius 2 is 2.09 bits per heavy atom. The van der Waals surface area contributed by atoms with Crippen molar-refractivity contribution in [3.63, 3.8) is 0 Å². The zero-order valence-corrected chi connectivity index (χ0v) is 13.1. The fourth-order valence-corrected chi connectivity index (χ4v) is 2.48. The molecular formula is C17H19F2NO3. The van der Waals surface area contributed by atoms with Crippen molar-refractivity contribution in [1.82, 2.24) is 4.90 Å². The van der Waals surface area contributed by atoms with Crippen molar-refractivity contribution in [3.05, 3.63) is 46.8 Å². The van der Waals surface area contributed by atoms with Crippen LogP contribution in [0.2, 0.25) is 0 Å². The van der Waals surface area contributed by atoms with Crippen LogP contribution in [-0.2, 0) is 11.2 Å². The fraction of sp³-hybridized carbons (Fsp3) is 0.412. The molecule has 0 aromatic heterocycles. The first kappa shape index (κ1) is 17.1. The Bertz CT molecular complexity index is 668. The third-order valence-electron chi connectivity index (χ3n) is 3.91. The predicted molar refractivity (Wildman–Crippen MR) is 81.5 cm³/mol. The molecule has 1 heterocycles. The van der Waals surface area contributed by atoms with E-state index in [1.807, 2.05) is 19.9 Å². The van der Waals surface area contributed by atoms with Gasteiger partial charge in [0, 0.05) is 18.5 Å². The van der Waals surface area contributed by atoms with E-state index in [0.717, 1.165) is 10.5 Å². The molecule has 1 aromatic rings. The molecule has 1 N–H and O–H groups in total. The summed E-state index contributed by atoms with van der Waals surface area (Å²) in [4.78, 5) is 24.5. The van der Waals surface area contributed by atoms with Gasteiger partial charge in [0.05, 0.1) is 6.54 Å². The van der Waals surface area contributed by atoms with E-state index in [1.165, 1.54) is 18.2 Å². The lowest BCUT2D eigenvalue weighted by atomic mass is 10.0. The molecule has 6 heteroatoms. The highest BCUT2D eigenvalue weighted by atomic mass is 19.1. The summed E-state index contributed by atoms with van der Waals surface area (Å²) >= 11 is 0. The van der Waals surface area contributed by atoms with Gasteiger partial charge < -0.3 is 10.0 Å². The highest BCUT2D eigenvalue weighted by Gasteiger charge is 2.47. The highest BCUT2D eigenvalue weighted by Crippen LogP contribution is 2.27. The molecule has 1 saturated heterocycles. The van der Waals surface area contributed by atoms with Gasteiger partial charge in [0.25, 0.3) is 5.91 Å². The molecule has 0 bridgehead atoms. The first-order valence-corrected chi connectivity index (χ1v) is 7.36. The molecule has 1 atom stereocenters. The summed E-state index contributed by atoms with van der Waals surface area (Å²) in [5.41, 5.74) is -0.760. The van der Waals surface area contributed by atoms with E-state index in [-0.39, 0.29) is 18.5 Å². The van der Waals surface area contributed by atoms with Gasteiger partial charge in [0.2, 0.25) is 5.67 Å². The fourth-order valence-electron chi connectivity index (χ4n) is 2.48. The van der Waals surface area contributed by atoms with Crippen LogP contribution in [0.4, 0.5) is 8.78 Å². The number of nitrogens with zero attached hydrogens (tertiary/aromatic N) is 1. The number of aliphatic carboxylic acids is 1. The molecule has 23 heavy (non-hydrogen) atoms. The molecule has 4 nitrogen and oxygen atoms in total. The van der Waals surface area contributed by atoms with Crippen molar-refractivity contribution < 1.29 is 23.5 Å². The van der Waals surface area contributed by atoms with Crippen molar-refractivity contribution in [2.45, 2.75) is 32.4 Å². The molecule has 1 fully saturated rings. The topological polar surface area (TPSA) is 57.6 Å².